The third kappa shape index (κ3) is 5.03. The average Bonchev–Trinajstić information content (AvgIpc) is 3.22. The number of methoxy groups -OCH3 is 1. The third-order valence-corrected chi connectivity index (χ3v) is 7.90. The minimum atomic E-state index is 0.0899. The van der Waals surface area contributed by atoms with E-state index in [4.69, 9.17) is 19.4 Å². The van der Waals surface area contributed by atoms with Crippen LogP contribution < -0.4 is 15.0 Å². The van der Waals surface area contributed by atoms with Crippen LogP contribution in [0.1, 0.15) is 40.5 Å². The Morgan fingerprint density at radius 3 is 2.48 bits per heavy atom. The van der Waals surface area contributed by atoms with Gasteiger partial charge in [0.2, 0.25) is 0 Å². The van der Waals surface area contributed by atoms with E-state index >= 15 is 0 Å². The molecule has 0 saturated carbocycles. The number of rotatable bonds is 6. The molecule has 7 nitrogen and oxygen atoms in total. The molecule has 0 unspecified atom stereocenters. The second-order valence-corrected chi connectivity index (χ2v) is 12.1. The molecule has 3 aromatic rings. The lowest BCUT2D eigenvalue weighted by atomic mass is 9.79. The van der Waals surface area contributed by atoms with Crippen LogP contribution in [-0.2, 0) is 4.74 Å². The van der Waals surface area contributed by atoms with Crippen LogP contribution in [0, 0.1) is 0 Å². The SMILES string of the molecule is COCOc1cc(Br)cnc1-c1nc2sc(N(C)C3CC(C)(C)NC(C)(C)C3)nc2s1. The van der Waals surface area contributed by atoms with E-state index in [1.165, 1.54) is 11.3 Å². The Labute approximate surface area is 199 Å². The molecular formula is C21H28BrN5O2S2. The lowest BCUT2D eigenvalue weighted by Crippen LogP contribution is -2.61. The molecule has 1 N–H and O–H groups in total. The molecule has 31 heavy (non-hydrogen) atoms. The fourth-order valence-corrected chi connectivity index (χ4v) is 6.78. The van der Waals surface area contributed by atoms with Crippen molar-refractivity contribution in [2.24, 2.45) is 0 Å². The highest BCUT2D eigenvalue weighted by atomic mass is 79.9. The topological polar surface area (TPSA) is 72.4 Å². The minimum absolute atomic E-state index is 0.0899. The number of anilines is 1. The zero-order valence-corrected chi connectivity index (χ0v) is 21.9. The van der Waals surface area contributed by atoms with Crippen LogP contribution in [-0.4, -0.2) is 53.0 Å². The largest absolute Gasteiger partial charge is 0.465 e. The summed E-state index contributed by atoms with van der Waals surface area (Å²) < 4.78 is 11.6. The lowest BCUT2D eigenvalue weighted by Gasteiger charge is -2.48. The number of pyridine rings is 1. The predicted molar refractivity (Wildman–Crippen MR) is 131 cm³/mol. The number of nitrogens with one attached hydrogen (secondary N) is 1. The molecule has 0 spiro atoms. The van der Waals surface area contributed by atoms with Crippen LogP contribution in [0.4, 0.5) is 5.13 Å². The molecule has 0 radical (unpaired) electrons. The Morgan fingerprint density at radius 1 is 1.16 bits per heavy atom. The first-order valence-electron chi connectivity index (χ1n) is 10.1. The minimum Gasteiger partial charge on any atom is -0.465 e. The summed E-state index contributed by atoms with van der Waals surface area (Å²) in [4.78, 5) is 18.4. The zero-order valence-electron chi connectivity index (χ0n) is 18.7. The molecule has 1 saturated heterocycles. The highest BCUT2D eigenvalue weighted by molar-refractivity contribution is 9.10. The van der Waals surface area contributed by atoms with Gasteiger partial charge in [-0.25, -0.2) is 15.0 Å². The van der Waals surface area contributed by atoms with Gasteiger partial charge in [0.25, 0.3) is 0 Å². The summed E-state index contributed by atoms with van der Waals surface area (Å²) in [5.74, 6) is 0.633. The Hall–Kier alpha value is -1.33. The molecule has 4 heterocycles. The summed E-state index contributed by atoms with van der Waals surface area (Å²) in [6, 6.07) is 2.30. The quantitative estimate of drug-likeness (QED) is 0.437. The maximum absolute atomic E-state index is 5.70. The smallest absolute Gasteiger partial charge is 0.188 e. The molecule has 3 aromatic heterocycles. The Balaban J connectivity index is 1.60. The summed E-state index contributed by atoms with van der Waals surface area (Å²) in [5.41, 5.74) is 0.881. The molecule has 1 aliphatic heterocycles. The van der Waals surface area contributed by atoms with Crippen molar-refractivity contribution in [3.8, 4) is 16.5 Å². The van der Waals surface area contributed by atoms with Crippen molar-refractivity contribution in [1.82, 2.24) is 20.3 Å². The number of thiazole rings is 2. The lowest BCUT2D eigenvalue weighted by molar-refractivity contribution is 0.0512. The number of hydrogen-bond acceptors (Lipinski definition) is 9. The van der Waals surface area contributed by atoms with Gasteiger partial charge in [-0.2, -0.15) is 0 Å². The highest BCUT2D eigenvalue weighted by Crippen LogP contribution is 2.40. The maximum Gasteiger partial charge on any atom is 0.188 e. The second-order valence-electron chi connectivity index (χ2n) is 9.24. The number of piperidine rings is 1. The number of fused-ring (bicyclic) bond motifs is 1. The Morgan fingerprint density at radius 2 is 1.84 bits per heavy atom. The van der Waals surface area contributed by atoms with Gasteiger partial charge in [-0.05, 0) is 62.5 Å². The molecule has 0 aliphatic carbocycles. The van der Waals surface area contributed by atoms with Gasteiger partial charge in [0, 0.05) is 41.9 Å². The van der Waals surface area contributed by atoms with E-state index < -0.39 is 0 Å². The van der Waals surface area contributed by atoms with Crippen molar-refractivity contribution in [3.63, 3.8) is 0 Å². The van der Waals surface area contributed by atoms with E-state index in [-0.39, 0.29) is 17.9 Å². The van der Waals surface area contributed by atoms with Crippen molar-refractivity contribution in [2.75, 3.05) is 25.9 Å². The maximum atomic E-state index is 5.70. The number of ether oxygens (including phenoxy) is 2. The monoisotopic (exact) mass is 525 g/mol. The van der Waals surface area contributed by atoms with Crippen LogP contribution in [0.2, 0.25) is 0 Å². The number of halogens is 1. The molecule has 1 aliphatic rings. The van der Waals surface area contributed by atoms with Gasteiger partial charge in [-0.15, -0.1) is 0 Å². The zero-order chi connectivity index (χ0) is 22.4. The summed E-state index contributed by atoms with van der Waals surface area (Å²) in [6.45, 7) is 9.25. The average molecular weight is 527 g/mol. The van der Waals surface area contributed by atoms with Crippen molar-refractivity contribution < 1.29 is 9.47 Å². The van der Waals surface area contributed by atoms with E-state index in [9.17, 15) is 0 Å². The first-order valence-corrected chi connectivity index (χ1v) is 12.6. The summed E-state index contributed by atoms with van der Waals surface area (Å²) in [6.07, 6.45) is 3.89. The number of nitrogens with zero attached hydrogens (tertiary/aromatic N) is 4. The van der Waals surface area contributed by atoms with E-state index in [0.29, 0.717) is 17.5 Å². The van der Waals surface area contributed by atoms with Gasteiger partial charge in [-0.1, -0.05) is 22.7 Å². The van der Waals surface area contributed by atoms with Crippen LogP contribution in [0.15, 0.2) is 16.7 Å². The van der Waals surface area contributed by atoms with Crippen LogP contribution >= 0.6 is 38.6 Å². The summed E-state index contributed by atoms with van der Waals surface area (Å²) in [7, 11) is 3.75. The van der Waals surface area contributed by atoms with Crippen LogP contribution in [0.25, 0.3) is 20.4 Å². The molecule has 1 fully saturated rings. The summed E-state index contributed by atoms with van der Waals surface area (Å²) >= 11 is 6.62. The van der Waals surface area contributed by atoms with Gasteiger partial charge in [-0.3, -0.25) is 0 Å². The molecule has 4 rings (SSSR count). The molecule has 168 valence electrons. The van der Waals surface area contributed by atoms with Gasteiger partial charge < -0.3 is 19.7 Å². The fourth-order valence-electron chi connectivity index (χ4n) is 4.40. The van der Waals surface area contributed by atoms with Gasteiger partial charge in [0.1, 0.15) is 10.7 Å². The van der Waals surface area contributed by atoms with Crippen LogP contribution in [0.5, 0.6) is 5.75 Å². The van der Waals surface area contributed by atoms with Crippen molar-refractivity contribution in [1.29, 1.82) is 0 Å². The van der Waals surface area contributed by atoms with E-state index in [1.54, 1.807) is 24.6 Å². The van der Waals surface area contributed by atoms with Crippen LogP contribution in [0.3, 0.4) is 0 Å². The molecule has 0 bridgehead atoms. The van der Waals surface area contributed by atoms with Crippen molar-refractivity contribution in [3.05, 3.63) is 16.7 Å². The van der Waals surface area contributed by atoms with Crippen molar-refractivity contribution >= 4 is 53.4 Å². The molecule has 0 atom stereocenters. The van der Waals surface area contributed by atoms with E-state index in [2.05, 4.69) is 65.9 Å². The van der Waals surface area contributed by atoms with Crippen molar-refractivity contribution in [2.45, 2.75) is 57.7 Å². The molecule has 0 amide bonds. The Bertz CT molecular complexity index is 1030. The first kappa shape index (κ1) is 22.8. The van der Waals surface area contributed by atoms with Gasteiger partial charge in [0.15, 0.2) is 27.3 Å². The van der Waals surface area contributed by atoms with E-state index in [0.717, 1.165) is 37.1 Å². The normalized spacial score (nSPS) is 18.4. The van der Waals surface area contributed by atoms with Gasteiger partial charge in [0.05, 0.1) is 0 Å². The van der Waals surface area contributed by atoms with Gasteiger partial charge >= 0.3 is 0 Å². The Kier molecular flexibility index (Phi) is 6.30. The summed E-state index contributed by atoms with van der Waals surface area (Å²) in [5, 5.41) is 5.56. The van der Waals surface area contributed by atoms with E-state index in [1.807, 2.05) is 6.07 Å². The second kappa shape index (κ2) is 8.55. The highest BCUT2D eigenvalue weighted by Gasteiger charge is 2.39. The first-order chi connectivity index (χ1) is 14.6. The third-order valence-electron chi connectivity index (χ3n) is 5.34. The molecular weight excluding hydrogens is 498 g/mol. The molecule has 0 aromatic carbocycles. The molecule has 10 heteroatoms. The standard InChI is InChI=1S/C21H28BrN5O2S2/c1-20(2)8-13(9-21(3,4)26-20)27(5)19-25-18-17(31-19)24-16(30-18)15-14(29-11-28-6)7-12(22)10-23-15/h7,10,13,26H,8-9,11H2,1-6H3. The fraction of sp³-hybridized carbons (Fsp3) is 0.571. The number of aromatic nitrogens is 3. The number of hydrogen-bond donors (Lipinski definition) is 1. The predicted octanol–water partition coefficient (Wildman–Crippen LogP) is 5.31.